The van der Waals surface area contributed by atoms with Gasteiger partial charge in [-0.25, -0.2) is 0 Å². The van der Waals surface area contributed by atoms with Crippen LogP contribution in [0.2, 0.25) is 0 Å². The molecule has 0 amide bonds. The van der Waals surface area contributed by atoms with Gasteiger partial charge in [0.25, 0.3) is 0 Å². The summed E-state index contributed by atoms with van der Waals surface area (Å²) in [4.78, 5) is 0. The lowest BCUT2D eigenvalue weighted by molar-refractivity contribution is -0.315. The smallest absolute Gasteiger partial charge is 0.187 e. The Kier molecular flexibility index (Phi) is 15.1. The number of ether oxygens (including phenoxy) is 3. The monoisotopic (exact) mass is 422 g/mol. The molecule has 5 N–H and O–H groups in total. The zero-order valence-corrected chi connectivity index (χ0v) is 17.8. The fourth-order valence-electron chi connectivity index (χ4n) is 3.41. The maximum absolute atomic E-state index is 9.97. The Bertz CT molecular complexity index is 382. The molecule has 1 saturated heterocycles. The summed E-state index contributed by atoms with van der Waals surface area (Å²) in [6, 6.07) is 0. The van der Waals surface area contributed by atoms with Gasteiger partial charge < -0.3 is 39.7 Å². The van der Waals surface area contributed by atoms with Crippen molar-refractivity contribution in [3.63, 3.8) is 0 Å². The number of aliphatic hydroxyl groups is 5. The van der Waals surface area contributed by atoms with Crippen LogP contribution in [0, 0.1) is 0 Å². The summed E-state index contributed by atoms with van der Waals surface area (Å²) >= 11 is 0. The zero-order chi connectivity index (χ0) is 21.5. The van der Waals surface area contributed by atoms with E-state index in [9.17, 15) is 25.5 Å². The molecule has 8 nitrogen and oxygen atoms in total. The molecule has 1 heterocycles. The van der Waals surface area contributed by atoms with E-state index >= 15 is 0 Å². The van der Waals surface area contributed by atoms with Gasteiger partial charge in [-0.05, 0) is 6.42 Å². The minimum atomic E-state index is -1.50. The van der Waals surface area contributed by atoms with Crippen LogP contribution in [0.3, 0.4) is 0 Å². The number of rotatable bonds is 17. The molecule has 0 aromatic rings. The SMILES string of the molecule is CCCCCCCCCCCCOCC(CO)OC1O[C@H](CO)[C@@H](O)[C@H](O)[C@H]1O. The van der Waals surface area contributed by atoms with Crippen LogP contribution in [-0.2, 0) is 14.2 Å². The minimum Gasteiger partial charge on any atom is -0.394 e. The highest BCUT2D eigenvalue weighted by atomic mass is 16.7. The van der Waals surface area contributed by atoms with Crippen molar-refractivity contribution in [1.29, 1.82) is 0 Å². The Labute approximate surface area is 174 Å². The second-order valence-corrected chi connectivity index (χ2v) is 7.89. The molecule has 0 radical (unpaired) electrons. The molecule has 0 aromatic carbocycles. The topological polar surface area (TPSA) is 129 Å². The van der Waals surface area contributed by atoms with Crippen molar-refractivity contribution in [2.45, 2.75) is 108 Å². The van der Waals surface area contributed by atoms with E-state index in [0.29, 0.717) is 6.61 Å². The van der Waals surface area contributed by atoms with Crippen LogP contribution in [0.4, 0.5) is 0 Å². The molecular weight excluding hydrogens is 380 g/mol. The Morgan fingerprint density at radius 2 is 1.38 bits per heavy atom. The first-order valence-corrected chi connectivity index (χ1v) is 11.2. The third kappa shape index (κ3) is 10.5. The maximum Gasteiger partial charge on any atom is 0.187 e. The lowest BCUT2D eigenvalue weighted by Gasteiger charge is -2.40. The van der Waals surface area contributed by atoms with Gasteiger partial charge >= 0.3 is 0 Å². The van der Waals surface area contributed by atoms with E-state index in [-0.39, 0.29) is 13.2 Å². The molecule has 8 heteroatoms. The summed E-state index contributed by atoms with van der Waals surface area (Å²) in [5, 5.41) is 48.2. The summed E-state index contributed by atoms with van der Waals surface area (Å²) in [5.41, 5.74) is 0. The van der Waals surface area contributed by atoms with Crippen LogP contribution in [-0.4, -0.2) is 88.8 Å². The van der Waals surface area contributed by atoms with E-state index in [0.717, 1.165) is 12.8 Å². The normalized spacial score (nSPS) is 28.6. The standard InChI is InChI=1S/C21H42O8/c1-2-3-4-5-6-7-8-9-10-11-12-27-15-16(13-22)28-21-20(26)19(25)18(24)17(14-23)29-21/h16-26H,2-15H2,1H3/t16?,17-,18-,19+,20-,21?/m1/s1. The van der Waals surface area contributed by atoms with Crippen LogP contribution in [0.5, 0.6) is 0 Å². The van der Waals surface area contributed by atoms with Crippen LogP contribution in [0.15, 0.2) is 0 Å². The van der Waals surface area contributed by atoms with Crippen molar-refractivity contribution >= 4 is 0 Å². The molecule has 1 fully saturated rings. The first kappa shape index (κ1) is 26.7. The third-order valence-corrected chi connectivity index (χ3v) is 5.32. The Balaban J connectivity index is 2.11. The van der Waals surface area contributed by atoms with Gasteiger partial charge in [-0.1, -0.05) is 64.7 Å². The summed E-state index contributed by atoms with van der Waals surface area (Å²) < 4.78 is 16.3. The summed E-state index contributed by atoms with van der Waals surface area (Å²) in [5.74, 6) is 0. The van der Waals surface area contributed by atoms with Crippen LogP contribution in [0.25, 0.3) is 0 Å². The third-order valence-electron chi connectivity index (χ3n) is 5.32. The van der Waals surface area contributed by atoms with E-state index in [1.807, 2.05) is 0 Å². The average Bonchev–Trinajstić information content (AvgIpc) is 2.73. The lowest BCUT2D eigenvalue weighted by atomic mass is 9.99. The van der Waals surface area contributed by atoms with Crippen molar-refractivity contribution < 1.29 is 39.7 Å². The van der Waals surface area contributed by atoms with Crippen molar-refractivity contribution in [1.82, 2.24) is 0 Å². The lowest BCUT2D eigenvalue weighted by Crippen LogP contribution is -2.60. The van der Waals surface area contributed by atoms with Crippen LogP contribution >= 0.6 is 0 Å². The highest BCUT2D eigenvalue weighted by Gasteiger charge is 2.44. The van der Waals surface area contributed by atoms with E-state index in [1.54, 1.807) is 0 Å². The van der Waals surface area contributed by atoms with E-state index in [1.165, 1.54) is 51.4 Å². The second kappa shape index (κ2) is 16.4. The quantitative estimate of drug-likeness (QED) is 0.220. The first-order chi connectivity index (χ1) is 14.0. The highest BCUT2D eigenvalue weighted by molar-refractivity contribution is 4.89. The zero-order valence-electron chi connectivity index (χ0n) is 17.8. The van der Waals surface area contributed by atoms with Crippen LogP contribution in [0.1, 0.15) is 71.1 Å². The number of hydrogen-bond donors (Lipinski definition) is 5. The molecule has 29 heavy (non-hydrogen) atoms. The molecule has 6 atom stereocenters. The van der Waals surface area contributed by atoms with Crippen molar-refractivity contribution in [3.05, 3.63) is 0 Å². The molecule has 0 aromatic heterocycles. The Hall–Kier alpha value is -0.320. The average molecular weight is 423 g/mol. The van der Waals surface area contributed by atoms with Gasteiger partial charge in [0.05, 0.1) is 19.8 Å². The van der Waals surface area contributed by atoms with Crippen molar-refractivity contribution in [2.75, 3.05) is 26.4 Å². The molecule has 1 rings (SSSR count). The largest absolute Gasteiger partial charge is 0.394 e. The molecule has 0 saturated carbocycles. The molecule has 174 valence electrons. The molecule has 1 aliphatic rings. The number of unbranched alkanes of at least 4 members (excludes halogenated alkanes) is 9. The molecule has 2 unspecified atom stereocenters. The van der Waals surface area contributed by atoms with Gasteiger partial charge in [-0.3, -0.25) is 0 Å². The molecule has 1 aliphatic heterocycles. The maximum atomic E-state index is 9.97. The van der Waals surface area contributed by atoms with Crippen molar-refractivity contribution in [2.24, 2.45) is 0 Å². The van der Waals surface area contributed by atoms with Gasteiger partial charge in [0.1, 0.15) is 30.5 Å². The summed E-state index contributed by atoms with van der Waals surface area (Å²) in [7, 11) is 0. The number of aliphatic hydroxyl groups excluding tert-OH is 5. The molecule has 0 spiro atoms. The Morgan fingerprint density at radius 1 is 0.793 bits per heavy atom. The molecule has 0 aliphatic carbocycles. The Morgan fingerprint density at radius 3 is 1.93 bits per heavy atom. The molecule has 0 bridgehead atoms. The fraction of sp³-hybridized carbons (Fsp3) is 1.00. The second-order valence-electron chi connectivity index (χ2n) is 7.89. The summed E-state index contributed by atoms with van der Waals surface area (Å²) in [6.07, 6.45) is 4.97. The van der Waals surface area contributed by atoms with Crippen molar-refractivity contribution in [3.8, 4) is 0 Å². The van der Waals surface area contributed by atoms with E-state index in [4.69, 9.17) is 14.2 Å². The van der Waals surface area contributed by atoms with Gasteiger partial charge in [0.15, 0.2) is 6.29 Å². The predicted octanol–water partition coefficient (Wildman–Crippen LogP) is 1.10. The van der Waals surface area contributed by atoms with Gasteiger partial charge in [-0.15, -0.1) is 0 Å². The summed E-state index contributed by atoms with van der Waals surface area (Å²) in [6.45, 7) is 2.05. The first-order valence-electron chi connectivity index (χ1n) is 11.2. The van der Waals surface area contributed by atoms with E-state index < -0.39 is 43.4 Å². The fourth-order valence-corrected chi connectivity index (χ4v) is 3.41. The number of hydrogen-bond acceptors (Lipinski definition) is 8. The molecular formula is C21H42O8. The van der Waals surface area contributed by atoms with Gasteiger partial charge in [-0.2, -0.15) is 0 Å². The minimum absolute atomic E-state index is 0.128. The van der Waals surface area contributed by atoms with Crippen LogP contribution < -0.4 is 0 Å². The highest BCUT2D eigenvalue weighted by Crippen LogP contribution is 2.23. The predicted molar refractivity (Wildman–Crippen MR) is 108 cm³/mol. The van der Waals surface area contributed by atoms with Gasteiger partial charge in [0.2, 0.25) is 0 Å². The van der Waals surface area contributed by atoms with E-state index in [2.05, 4.69) is 6.92 Å². The van der Waals surface area contributed by atoms with Gasteiger partial charge in [0, 0.05) is 6.61 Å².